The van der Waals surface area contributed by atoms with Crippen LogP contribution >= 0.6 is 0 Å². The zero-order valence-corrected chi connectivity index (χ0v) is 11.2. The van der Waals surface area contributed by atoms with Gasteiger partial charge in [0.1, 0.15) is 5.65 Å². The molecule has 2 heterocycles. The van der Waals surface area contributed by atoms with Crippen LogP contribution in [0.3, 0.4) is 0 Å². The molecular formula is C18H14N2. The molecule has 0 radical (unpaired) electrons. The lowest BCUT2D eigenvalue weighted by Crippen LogP contribution is -1.89. The molecule has 4 aromatic rings. The van der Waals surface area contributed by atoms with Crippen LogP contribution in [0.4, 0.5) is 0 Å². The van der Waals surface area contributed by atoms with Gasteiger partial charge in [0.25, 0.3) is 0 Å². The summed E-state index contributed by atoms with van der Waals surface area (Å²) in [4.78, 5) is 4.45. The van der Waals surface area contributed by atoms with Gasteiger partial charge in [-0.15, -0.1) is 0 Å². The van der Waals surface area contributed by atoms with Crippen molar-refractivity contribution < 1.29 is 0 Å². The molecule has 0 N–H and O–H groups in total. The lowest BCUT2D eigenvalue weighted by Gasteiger charge is -2.08. The van der Waals surface area contributed by atoms with E-state index < -0.39 is 0 Å². The van der Waals surface area contributed by atoms with E-state index in [1.807, 2.05) is 18.5 Å². The second-order valence-electron chi connectivity index (χ2n) is 5.10. The smallest absolute Gasteiger partial charge is 0.144 e. The number of pyridine rings is 1. The Bertz CT molecular complexity index is 905. The van der Waals surface area contributed by atoms with Crippen LogP contribution in [0, 0.1) is 6.92 Å². The van der Waals surface area contributed by atoms with E-state index in [2.05, 4.69) is 65.0 Å². The third-order valence-corrected chi connectivity index (χ3v) is 3.79. The second-order valence-corrected chi connectivity index (χ2v) is 5.10. The third kappa shape index (κ3) is 1.62. The summed E-state index contributed by atoms with van der Waals surface area (Å²) in [6, 6.07) is 17.1. The van der Waals surface area contributed by atoms with Gasteiger partial charge >= 0.3 is 0 Å². The number of aromatic nitrogens is 2. The molecule has 0 saturated carbocycles. The molecule has 0 bridgehead atoms. The maximum atomic E-state index is 4.45. The molecule has 20 heavy (non-hydrogen) atoms. The van der Waals surface area contributed by atoms with Crippen molar-refractivity contribution in [2.45, 2.75) is 6.92 Å². The first-order valence-corrected chi connectivity index (χ1v) is 6.74. The number of aryl methyl sites for hydroxylation is 1. The van der Waals surface area contributed by atoms with Crippen molar-refractivity contribution in [2.24, 2.45) is 0 Å². The van der Waals surface area contributed by atoms with E-state index in [-0.39, 0.29) is 0 Å². The van der Waals surface area contributed by atoms with Gasteiger partial charge in [-0.25, -0.2) is 4.98 Å². The Hall–Kier alpha value is -2.61. The minimum absolute atomic E-state index is 1.02. The van der Waals surface area contributed by atoms with Crippen molar-refractivity contribution >= 4 is 16.4 Å². The van der Waals surface area contributed by atoms with E-state index in [1.54, 1.807) is 0 Å². The summed E-state index contributed by atoms with van der Waals surface area (Å²) in [6.07, 6.45) is 5.98. The molecular weight excluding hydrogens is 244 g/mol. The lowest BCUT2D eigenvalue weighted by molar-refractivity contribution is 1.18. The monoisotopic (exact) mass is 258 g/mol. The Balaban J connectivity index is 2.04. The van der Waals surface area contributed by atoms with Crippen LogP contribution in [0.2, 0.25) is 0 Å². The Morgan fingerprint density at radius 3 is 2.60 bits per heavy atom. The Kier molecular flexibility index (Phi) is 2.36. The molecule has 0 spiro atoms. The fraction of sp³-hybridized carbons (Fsp3) is 0.0556. The summed E-state index contributed by atoms with van der Waals surface area (Å²) in [5.41, 5.74) is 4.78. The zero-order valence-electron chi connectivity index (χ0n) is 11.2. The largest absolute Gasteiger partial charge is 0.306 e. The van der Waals surface area contributed by atoms with Crippen molar-refractivity contribution in [3.63, 3.8) is 0 Å². The summed E-state index contributed by atoms with van der Waals surface area (Å²) >= 11 is 0. The highest BCUT2D eigenvalue weighted by Crippen LogP contribution is 2.28. The molecule has 0 aliphatic rings. The zero-order chi connectivity index (χ0) is 13.5. The molecule has 0 saturated heterocycles. The average Bonchev–Trinajstić information content (AvgIpc) is 2.96. The number of imidazole rings is 1. The van der Waals surface area contributed by atoms with Crippen molar-refractivity contribution in [1.29, 1.82) is 0 Å². The molecule has 0 aliphatic carbocycles. The minimum atomic E-state index is 1.02. The first-order chi connectivity index (χ1) is 9.83. The van der Waals surface area contributed by atoms with E-state index in [0.717, 1.165) is 5.65 Å². The average molecular weight is 258 g/mol. The van der Waals surface area contributed by atoms with Crippen LogP contribution in [-0.4, -0.2) is 9.38 Å². The van der Waals surface area contributed by atoms with Crippen molar-refractivity contribution in [1.82, 2.24) is 9.38 Å². The molecule has 0 fully saturated rings. The molecule has 2 aromatic carbocycles. The number of hydrogen-bond donors (Lipinski definition) is 0. The first-order valence-electron chi connectivity index (χ1n) is 6.74. The van der Waals surface area contributed by atoms with Gasteiger partial charge in [-0.3, -0.25) is 0 Å². The highest BCUT2D eigenvalue weighted by molar-refractivity contribution is 5.98. The molecule has 0 aliphatic heterocycles. The van der Waals surface area contributed by atoms with Crippen LogP contribution in [0.5, 0.6) is 0 Å². The fourth-order valence-corrected chi connectivity index (χ4v) is 2.78. The highest BCUT2D eigenvalue weighted by Gasteiger charge is 2.06. The first kappa shape index (κ1) is 11.2. The van der Waals surface area contributed by atoms with E-state index in [4.69, 9.17) is 0 Å². The number of nitrogens with zero attached hydrogens (tertiary/aromatic N) is 2. The minimum Gasteiger partial charge on any atom is -0.306 e. The standard InChI is InChI=1S/C18H14N2/c1-13-12-20-10-9-19-18(20)16-8-7-15(11-17(13)16)14-5-3-2-4-6-14/h2-12H,1H3. The van der Waals surface area contributed by atoms with Crippen LogP contribution in [-0.2, 0) is 0 Å². The lowest BCUT2D eigenvalue weighted by atomic mass is 10.00. The van der Waals surface area contributed by atoms with Crippen LogP contribution in [0.25, 0.3) is 27.5 Å². The number of fused-ring (bicyclic) bond motifs is 3. The number of hydrogen-bond acceptors (Lipinski definition) is 1. The Labute approximate surface area is 117 Å². The van der Waals surface area contributed by atoms with Crippen molar-refractivity contribution in [3.05, 3.63) is 72.7 Å². The normalized spacial score (nSPS) is 11.2. The predicted molar refractivity (Wildman–Crippen MR) is 82.9 cm³/mol. The summed E-state index contributed by atoms with van der Waals surface area (Å²) < 4.78 is 2.08. The maximum absolute atomic E-state index is 4.45. The molecule has 0 amide bonds. The maximum Gasteiger partial charge on any atom is 0.144 e. The van der Waals surface area contributed by atoms with Gasteiger partial charge in [0.2, 0.25) is 0 Å². The molecule has 0 unspecified atom stereocenters. The van der Waals surface area contributed by atoms with E-state index in [1.165, 1.54) is 27.5 Å². The summed E-state index contributed by atoms with van der Waals surface area (Å²) in [5, 5.41) is 2.47. The SMILES string of the molecule is Cc1cn2ccnc2c2ccc(-c3ccccc3)cc12. The number of rotatable bonds is 1. The van der Waals surface area contributed by atoms with E-state index in [0.29, 0.717) is 0 Å². The molecule has 96 valence electrons. The van der Waals surface area contributed by atoms with Crippen LogP contribution in [0.15, 0.2) is 67.1 Å². The van der Waals surface area contributed by atoms with Gasteiger partial charge in [-0.2, -0.15) is 0 Å². The van der Waals surface area contributed by atoms with Crippen molar-refractivity contribution in [3.8, 4) is 11.1 Å². The van der Waals surface area contributed by atoms with Gasteiger partial charge < -0.3 is 4.40 Å². The van der Waals surface area contributed by atoms with E-state index >= 15 is 0 Å². The highest BCUT2D eigenvalue weighted by atomic mass is 15.0. The van der Waals surface area contributed by atoms with Gasteiger partial charge in [-0.05, 0) is 35.1 Å². The second kappa shape index (κ2) is 4.20. The van der Waals surface area contributed by atoms with E-state index in [9.17, 15) is 0 Å². The summed E-state index contributed by atoms with van der Waals surface area (Å²) in [5.74, 6) is 0. The summed E-state index contributed by atoms with van der Waals surface area (Å²) in [7, 11) is 0. The Morgan fingerprint density at radius 2 is 1.75 bits per heavy atom. The quantitative estimate of drug-likeness (QED) is 0.492. The van der Waals surface area contributed by atoms with Gasteiger partial charge in [-0.1, -0.05) is 42.5 Å². The van der Waals surface area contributed by atoms with Crippen LogP contribution < -0.4 is 0 Å². The van der Waals surface area contributed by atoms with Gasteiger partial charge in [0.15, 0.2) is 0 Å². The topological polar surface area (TPSA) is 17.3 Å². The van der Waals surface area contributed by atoms with Crippen LogP contribution in [0.1, 0.15) is 5.56 Å². The predicted octanol–water partition coefficient (Wildman–Crippen LogP) is 4.46. The molecule has 0 atom stereocenters. The van der Waals surface area contributed by atoms with Crippen molar-refractivity contribution in [2.75, 3.05) is 0 Å². The Morgan fingerprint density at radius 1 is 0.900 bits per heavy atom. The van der Waals surface area contributed by atoms with Gasteiger partial charge in [0, 0.05) is 24.0 Å². The number of benzene rings is 2. The summed E-state index contributed by atoms with van der Waals surface area (Å²) in [6.45, 7) is 2.15. The third-order valence-electron chi connectivity index (χ3n) is 3.79. The molecule has 2 heteroatoms. The molecule has 2 aromatic heterocycles. The van der Waals surface area contributed by atoms with Gasteiger partial charge in [0.05, 0.1) is 0 Å². The molecule has 4 rings (SSSR count). The molecule has 2 nitrogen and oxygen atoms in total. The fourth-order valence-electron chi connectivity index (χ4n) is 2.78.